The molecule has 1 aromatic carbocycles. The van der Waals surface area contributed by atoms with Gasteiger partial charge >= 0.3 is 0 Å². The molecule has 0 unspecified atom stereocenters. The zero-order valence-electron chi connectivity index (χ0n) is 9.24. The van der Waals surface area contributed by atoms with Gasteiger partial charge in [0.2, 0.25) is 0 Å². The second-order valence-corrected chi connectivity index (χ2v) is 4.60. The number of pyridine rings is 1. The maximum absolute atomic E-state index is 6.09. The van der Waals surface area contributed by atoms with Gasteiger partial charge in [0.05, 0.1) is 10.7 Å². The van der Waals surface area contributed by atoms with Crippen molar-refractivity contribution in [1.29, 1.82) is 0 Å². The molecule has 4 heteroatoms. The van der Waals surface area contributed by atoms with E-state index in [4.69, 9.17) is 23.2 Å². The standard InChI is InChI=1S/C13H12Cl2N2/c14-11-5-4-10(13(15)7-11)8-16-9-12-3-1-2-6-17-12/h1-7,16H,8-9H2/p+1. The first kappa shape index (κ1) is 12.4. The van der Waals surface area contributed by atoms with Crippen LogP contribution in [0.2, 0.25) is 10.0 Å². The van der Waals surface area contributed by atoms with E-state index in [1.807, 2.05) is 30.3 Å². The number of aromatic nitrogens is 1. The predicted octanol–water partition coefficient (Wildman–Crippen LogP) is 2.65. The molecule has 17 heavy (non-hydrogen) atoms. The Morgan fingerprint density at radius 2 is 1.94 bits per heavy atom. The topological polar surface area (TPSA) is 29.5 Å². The van der Waals surface area contributed by atoms with E-state index in [-0.39, 0.29) is 0 Å². The number of nitrogens with zero attached hydrogens (tertiary/aromatic N) is 1. The molecule has 0 aliphatic carbocycles. The van der Waals surface area contributed by atoms with Gasteiger partial charge in [0, 0.05) is 16.8 Å². The maximum atomic E-state index is 6.09. The van der Waals surface area contributed by atoms with Crippen molar-refractivity contribution in [2.75, 3.05) is 0 Å². The summed E-state index contributed by atoms with van der Waals surface area (Å²) in [4.78, 5) is 4.26. The third-order valence-corrected chi connectivity index (χ3v) is 3.05. The molecule has 0 radical (unpaired) electrons. The van der Waals surface area contributed by atoms with E-state index in [9.17, 15) is 0 Å². The molecule has 0 amide bonds. The van der Waals surface area contributed by atoms with Crippen molar-refractivity contribution in [1.82, 2.24) is 4.98 Å². The molecule has 0 aliphatic heterocycles. The zero-order valence-corrected chi connectivity index (χ0v) is 10.7. The lowest BCUT2D eigenvalue weighted by Crippen LogP contribution is -2.80. The highest BCUT2D eigenvalue weighted by molar-refractivity contribution is 6.35. The quantitative estimate of drug-likeness (QED) is 0.907. The summed E-state index contributed by atoms with van der Waals surface area (Å²) in [6, 6.07) is 11.5. The number of halogens is 2. The smallest absolute Gasteiger partial charge is 0.119 e. The third kappa shape index (κ3) is 3.70. The summed E-state index contributed by atoms with van der Waals surface area (Å²) >= 11 is 11.9. The van der Waals surface area contributed by atoms with Crippen molar-refractivity contribution < 1.29 is 5.32 Å². The molecule has 1 heterocycles. The number of hydrogen-bond donors (Lipinski definition) is 1. The van der Waals surface area contributed by atoms with Crippen LogP contribution in [0, 0.1) is 0 Å². The van der Waals surface area contributed by atoms with Crippen LogP contribution in [0.4, 0.5) is 0 Å². The highest BCUT2D eigenvalue weighted by atomic mass is 35.5. The molecular weight excluding hydrogens is 255 g/mol. The minimum absolute atomic E-state index is 0.670. The van der Waals surface area contributed by atoms with E-state index in [1.165, 1.54) is 0 Å². The minimum atomic E-state index is 0.670. The molecule has 2 rings (SSSR count). The first-order valence-electron chi connectivity index (χ1n) is 5.41. The molecule has 2 nitrogen and oxygen atoms in total. The van der Waals surface area contributed by atoms with Crippen LogP contribution in [-0.4, -0.2) is 4.98 Å². The Bertz CT molecular complexity index is 486. The fourth-order valence-corrected chi connectivity index (χ4v) is 2.07. The van der Waals surface area contributed by atoms with E-state index in [1.54, 1.807) is 12.3 Å². The van der Waals surface area contributed by atoms with Crippen LogP contribution in [0.25, 0.3) is 0 Å². The summed E-state index contributed by atoms with van der Waals surface area (Å²) in [6.07, 6.45) is 1.80. The summed E-state index contributed by atoms with van der Waals surface area (Å²) in [5.41, 5.74) is 2.16. The third-order valence-electron chi connectivity index (χ3n) is 2.46. The minimum Gasteiger partial charge on any atom is -0.337 e. The lowest BCUT2D eigenvalue weighted by atomic mass is 10.2. The molecule has 2 N–H and O–H groups in total. The normalized spacial score (nSPS) is 10.5. The first-order chi connectivity index (χ1) is 8.25. The zero-order chi connectivity index (χ0) is 12.1. The van der Waals surface area contributed by atoms with Gasteiger partial charge in [-0.2, -0.15) is 0 Å². The van der Waals surface area contributed by atoms with E-state index in [2.05, 4.69) is 10.3 Å². The van der Waals surface area contributed by atoms with Crippen LogP contribution in [0.1, 0.15) is 11.3 Å². The molecule has 0 saturated heterocycles. The monoisotopic (exact) mass is 267 g/mol. The Morgan fingerprint density at radius 3 is 2.65 bits per heavy atom. The Morgan fingerprint density at radius 1 is 1.06 bits per heavy atom. The molecular formula is C13H13Cl2N2+. The number of rotatable bonds is 4. The first-order valence-corrected chi connectivity index (χ1v) is 6.17. The molecule has 2 aromatic rings. The van der Waals surface area contributed by atoms with Gasteiger partial charge in [0.25, 0.3) is 0 Å². The highest BCUT2D eigenvalue weighted by Gasteiger charge is 2.03. The van der Waals surface area contributed by atoms with Crippen LogP contribution >= 0.6 is 23.2 Å². The van der Waals surface area contributed by atoms with Gasteiger partial charge in [-0.25, -0.2) is 0 Å². The average Bonchev–Trinajstić information content (AvgIpc) is 2.33. The van der Waals surface area contributed by atoms with E-state index in [0.29, 0.717) is 5.02 Å². The van der Waals surface area contributed by atoms with Gasteiger partial charge in [-0.05, 0) is 24.3 Å². The molecule has 0 atom stereocenters. The lowest BCUT2D eigenvalue weighted by Gasteiger charge is -2.04. The highest BCUT2D eigenvalue weighted by Crippen LogP contribution is 2.19. The Hall–Kier alpha value is -1.09. The van der Waals surface area contributed by atoms with Crippen molar-refractivity contribution in [3.63, 3.8) is 0 Å². The van der Waals surface area contributed by atoms with Crippen LogP contribution in [-0.2, 0) is 13.1 Å². The fourth-order valence-electron chi connectivity index (χ4n) is 1.58. The van der Waals surface area contributed by atoms with E-state index < -0.39 is 0 Å². The van der Waals surface area contributed by atoms with Crippen LogP contribution in [0.5, 0.6) is 0 Å². The lowest BCUT2D eigenvalue weighted by molar-refractivity contribution is -0.686. The Balaban J connectivity index is 1.90. The van der Waals surface area contributed by atoms with Gasteiger partial charge < -0.3 is 5.32 Å². The van der Waals surface area contributed by atoms with Crippen LogP contribution in [0.3, 0.4) is 0 Å². The molecule has 0 aliphatic rings. The second-order valence-electron chi connectivity index (χ2n) is 3.75. The van der Waals surface area contributed by atoms with Gasteiger partial charge in [-0.3, -0.25) is 4.98 Å². The number of benzene rings is 1. The van der Waals surface area contributed by atoms with Crippen molar-refractivity contribution in [3.8, 4) is 0 Å². The largest absolute Gasteiger partial charge is 0.337 e. The van der Waals surface area contributed by atoms with Gasteiger partial charge in [-0.15, -0.1) is 0 Å². The fraction of sp³-hybridized carbons (Fsp3) is 0.154. The molecule has 0 spiro atoms. The predicted molar refractivity (Wildman–Crippen MR) is 70.0 cm³/mol. The van der Waals surface area contributed by atoms with Crippen LogP contribution in [0.15, 0.2) is 42.6 Å². The van der Waals surface area contributed by atoms with Crippen molar-refractivity contribution in [2.45, 2.75) is 13.1 Å². The number of nitrogens with two attached hydrogens (primary N) is 1. The van der Waals surface area contributed by atoms with Gasteiger partial charge in [0.15, 0.2) is 0 Å². The SMILES string of the molecule is Clc1ccc(C[NH2+]Cc2ccccn2)c(Cl)c1. The van der Waals surface area contributed by atoms with Crippen molar-refractivity contribution in [3.05, 3.63) is 63.9 Å². The number of quaternary nitrogens is 1. The van der Waals surface area contributed by atoms with Crippen LogP contribution < -0.4 is 5.32 Å². The molecule has 1 aromatic heterocycles. The Labute approximate surface area is 111 Å². The second kappa shape index (κ2) is 6.01. The Kier molecular flexibility index (Phi) is 4.37. The average molecular weight is 268 g/mol. The summed E-state index contributed by atoms with van der Waals surface area (Å²) in [5, 5.41) is 3.55. The summed E-state index contributed by atoms with van der Waals surface area (Å²) < 4.78 is 0. The molecule has 88 valence electrons. The summed E-state index contributed by atoms with van der Waals surface area (Å²) in [5.74, 6) is 0. The van der Waals surface area contributed by atoms with Gasteiger partial charge in [0.1, 0.15) is 13.1 Å². The summed E-state index contributed by atoms with van der Waals surface area (Å²) in [6.45, 7) is 1.67. The molecule has 0 fully saturated rings. The van der Waals surface area contributed by atoms with Crippen molar-refractivity contribution in [2.24, 2.45) is 0 Å². The van der Waals surface area contributed by atoms with E-state index in [0.717, 1.165) is 29.4 Å². The maximum Gasteiger partial charge on any atom is 0.119 e. The van der Waals surface area contributed by atoms with E-state index >= 15 is 0 Å². The number of hydrogen-bond acceptors (Lipinski definition) is 1. The summed E-state index contributed by atoms with van der Waals surface area (Å²) in [7, 11) is 0. The van der Waals surface area contributed by atoms with Crippen molar-refractivity contribution >= 4 is 23.2 Å². The molecule has 0 bridgehead atoms. The molecule has 0 saturated carbocycles. The van der Waals surface area contributed by atoms with Gasteiger partial charge in [-0.1, -0.05) is 35.3 Å².